The molecule has 1 aromatic carbocycles. The van der Waals surface area contributed by atoms with E-state index in [1.54, 1.807) is 0 Å². The van der Waals surface area contributed by atoms with Gasteiger partial charge in [0.05, 0.1) is 18.3 Å². The van der Waals surface area contributed by atoms with Gasteiger partial charge in [-0.3, -0.25) is 9.59 Å². The van der Waals surface area contributed by atoms with Gasteiger partial charge >= 0.3 is 5.97 Å². The van der Waals surface area contributed by atoms with E-state index in [4.69, 9.17) is 4.11 Å². The van der Waals surface area contributed by atoms with Gasteiger partial charge in [0, 0.05) is 5.56 Å². The first-order valence-electron chi connectivity index (χ1n) is 5.96. The number of amides is 1. The molecular formula is C11H13NO4. The quantitative estimate of drug-likeness (QED) is 0.763. The highest BCUT2D eigenvalue weighted by molar-refractivity contribution is 5.95. The molecule has 0 bridgehead atoms. The molecular weight excluding hydrogens is 210 g/mol. The van der Waals surface area contributed by atoms with Crippen LogP contribution in [0.3, 0.4) is 0 Å². The lowest BCUT2D eigenvalue weighted by molar-refractivity contribution is -0.139. The van der Waals surface area contributed by atoms with Crippen LogP contribution >= 0.6 is 0 Å². The summed E-state index contributed by atoms with van der Waals surface area (Å²) >= 11 is 0. The molecule has 1 aromatic rings. The van der Waals surface area contributed by atoms with Crippen LogP contribution in [0.15, 0.2) is 24.3 Å². The summed E-state index contributed by atoms with van der Waals surface area (Å²) in [5.74, 6) is -0.897. The van der Waals surface area contributed by atoms with Crippen LogP contribution in [0.1, 0.15) is 14.5 Å². The highest BCUT2D eigenvalue weighted by atomic mass is 16.5. The average Bonchev–Trinajstić information content (AvgIpc) is 2.34. The number of methoxy groups -OCH3 is 2. The number of hydrogen-bond donors (Lipinski definition) is 1. The summed E-state index contributed by atoms with van der Waals surface area (Å²) in [6, 6.07) is 5.51. The minimum absolute atomic E-state index is 0.129. The van der Waals surface area contributed by atoms with Gasteiger partial charge in [-0.05, 0) is 24.3 Å². The van der Waals surface area contributed by atoms with E-state index in [9.17, 15) is 9.59 Å². The first kappa shape index (κ1) is 8.15. The molecule has 5 heteroatoms. The Labute approximate surface area is 97.6 Å². The molecule has 0 atom stereocenters. The Morgan fingerprint density at radius 3 is 2.62 bits per heavy atom. The fourth-order valence-corrected chi connectivity index (χ4v) is 1.00. The van der Waals surface area contributed by atoms with Gasteiger partial charge in [-0.25, -0.2) is 0 Å². The molecule has 16 heavy (non-hydrogen) atoms. The summed E-state index contributed by atoms with van der Waals surface area (Å²) in [5, 5.41) is 2.35. The average molecular weight is 226 g/mol. The van der Waals surface area contributed by atoms with E-state index in [-0.39, 0.29) is 17.9 Å². The molecule has 0 heterocycles. The van der Waals surface area contributed by atoms with Crippen LogP contribution in [0.25, 0.3) is 0 Å². The molecule has 0 aromatic heterocycles. The van der Waals surface area contributed by atoms with E-state index >= 15 is 0 Å². The summed E-state index contributed by atoms with van der Waals surface area (Å²) in [5.41, 5.74) is 0.279. The predicted molar refractivity (Wildman–Crippen MR) is 57.3 cm³/mol. The molecule has 0 unspecified atom stereocenters. The number of carbonyl (C=O) groups excluding carboxylic acids is 2. The zero-order valence-electron chi connectivity index (χ0n) is 11.6. The Hall–Kier alpha value is -2.04. The van der Waals surface area contributed by atoms with Crippen LogP contribution < -0.4 is 10.1 Å². The zero-order valence-corrected chi connectivity index (χ0v) is 8.65. The van der Waals surface area contributed by atoms with E-state index in [1.165, 1.54) is 31.4 Å². The van der Waals surface area contributed by atoms with E-state index in [1.807, 2.05) is 0 Å². The summed E-state index contributed by atoms with van der Waals surface area (Å²) in [7, 11) is -1.32. The van der Waals surface area contributed by atoms with Gasteiger partial charge in [-0.1, -0.05) is 0 Å². The maximum atomic E-state index is 11.6. The fraction of sp³-hybridized carbons (Fsp3) is 0.273. The first-order chi connectivity index (χ1) is 8.81. The van der Waals surface area contributed by atoms with Crippen molar-refractivity contribution >= 4 is 11.9 Å². The third-order valence-corrected chi connectivity index (χ3v) is 1.86. The molecule has 0 radical (unpaired) electrons. The highest BCUT2D eigenvalue weighted by Gasteiger charge is 2.07. The molecule has 0 fully saturated rings. The lowest BCUT2D eigenvalue weighted by Crippen LogP contribution is -2.30. The molecule has 0 saturated carbocycles. The minimum atomic E-state index is -2.53. The van der Waals surface area contributed by atoms with Crippen molar-refractivity contribution in [1.29, 1.82) is 0 Å². The monoisotopic (exact) mass is 226 g/mol. The second-order valence-electron chi connectivity index (χ2n) is 2.89. The molecule has 5 nitrogen and oxygen atoms in total. The number of carbonyl (C=O) groups is 2. The maximum Gasteiger partial charge on any atom is 0.325 e. The van der Waals surface area contributed by atoms with Gasteiger partial charge < -0.3 is 14.8 Å². The number of nitrogens with one attached hydrogen (secondary N) is 1. The van der Waals surface area contributed by atoms with Crippen molar-refractivity contribution in [2.24, 2.45) is 0 Å². The summed E-state index contributed by atoms with van der Waals surface area (Å²) in [6.45, 7) is -0.233. The SMILES string of the molecule is [2H]C([2H])([2H])Oc1ccc(C(=O)NCC(=O)OC)cc1. The summed E-state index contributed by atoms with van der Waals surface area (Å²) in [6.07, 6.45) is 0. The number of esters is 1. The van der Waals surface area contributed by atoms with Gasteiger partial charge in [0.15, 0.2) is 0 Å². The van der Waals surface area contributed by atoms with Gasteiger partial charge in [0.1, 0.15) is 12.3 Å². The third kappa shape index (κ3) is 3.27. The smallest absolute Gasteiger partial charge is 0.325 e. The molecule has 86 valence electrons. The van der Waals surface area contributed by atoms with Crippen LogP contribution in [-0.4, -0.2) is 32.6 Å². The van der Waals surface area contributed by atoms with Gasteiger partial charge in [-0.2, -0.15) is 0 Å². The van der Waals surface area contributed by atoms with Crippen molar-refractivity contribution < 1.29 is 23.2 Å². The first-order valence-corrected chi connectivity index (χ1v) is 4.46. The molecule has 1 N–H and O–H groups in total. The number of rotatable bonds is 4. The normalized spacial score (nSPS) is 12.9. The molecule has 0 aliphatic rings. The Morgan fingerprint density at radius 1 is 1.38 bits per heavy atom. The standard InChI is InChI=1S/C11H13NO4/c1-15-9-5-3-8(4-6-9)11(14)12-7-10(13)16-2/h3-6H,7H2,1-2H3,(H,12,14)/i1D3. The van der Waals surface area contributed by atoms with E-state index in [0.717, 1.165) is 0 Å². The van der Waals surface area contributed by atoms with E-state index in [2.05, 4.69) is 14.8 Å². The van der Waals surface area contributed by atoms with E-state index < -0.39 is 18.9 Å². The second-order valence-corrected chi connectivity index (χ2v) is 2.89. The van der Waals surface area contributed by atoms with Crippen LogP contribution in [0.2, 0.25) is 0 Å². The van der Waals surface area contributed by atoms with Gasteiger partial charge in [-0.15, -0.1) is 0 Å². The van der Waals surface area contributed by atoms with Crippen molar-refractivity contribution in [2.75, 3.05) is 20.7 Å². The molecule has 0 aliphatic heterocycles. The topological polar surface area (TPSA) is 64.6 Å². The van der Waals surface area contributed by atoms with Gasteiger partial charge in [0.2, 0.25) is 0 Å². The van der Waals surface area contributed by atoms with Gasteiger partial charge in [0.25, 0.3) is 5.91 Å². The van der Waals surface area contributed by atoms with Crippen LogP contribution in [0.5, 0.6) is 5.75 Å². The molecule has 1 rings (SSSR count). The number of hydrogen-bond acceptors (Lipinski definition) is 4. The van der Waals surface area contributed by atoms with Crippen LogP contribution in [0, 0.1) is 0 Å². The van der Waals surface area contributed by atoms with Crippen molar-refractivity contribution in [3.63, 3.8) is 0 Å². The highest BCUT2D eigenvalue weighted by Crippen LogP contribution is 2.10. The zero-order chi connectivity index (χ0) is 14.5. The maximum absolute atomic E-state index is 11.6. The Morgan fingerprint density at radius 2 is 2.06 bits per heavy atom. The molecule has 0 saturated heterocycles. The minimum Gasteiger partial charge on any atom is -0.497 e. The lowest BCUT2D eigenvalue weighted by Gasteiger charge is -2.04. The molecule has 0 spiro atoms. The predicted octanol–water partition coefficient (Wildman–Crippen LogP) is 0.598. The van der Waals surface area contributed by atoms with Crippen molar-refractivity contribution in [1.82, 2.24) is 5.32 Å². The van der Waals surface area contributed by atoms with Crippen molar-refractivity contribution in [2.45, 2.75) is 0 Å². The van der Waals surface area contributed by atoms with Crippen LogP contribution in [-0.2, 0) is 9.53 Å². The number of ether oxygens (including phenoxy) is 2. The van der Waals surface area contributed by atoms with E-state index in [0.29, 0.717) is 0 Å². The number of benzene rings is 1. The summed E-state index contributed by atoms with van der Waals surface area (Å²) < 4.78 is 29.8. The van der Waals surface area contributed by atoms with Crippen LogP contribution in [0.4, 0.5) is 0 Å². The Bertz CT molecular complexity index is 456. The van der Waals surface area contributed by atoms with Crippen molar-refractivity contribution in [3.05, 3.63) is 29.8 Å². The lowest BCUT2D eigenvalue weighted by atomic mass is 10.2. The second kappa shape index (κ2) is 5.75. The summed E-state index contributed by atoms with van der Waals surface area (Å²) in [4.78, 5) is 22.4. The Balaban J connectivity index is 2.61. The largest absolute Gasteiger partial charge is 0.497 e. The molecule has 0 aliphatic carbocycles. The van der Waals surface area contributed by atoms with Crippen molar-refractivity contribution in [3.8, 4) is 5.75 Å². The third-order valence-electron chi connectivity index (χ3n) is 1.86. The Kier molecular flexibility index (Phi) is 2.93. The molecule has 1 amide bonds. The fourth-order valence-electron chi connectivity index (χ4n) is 1.00.